The number of unbranched alkanes of at least 4 members (excludes halogenated alkanes) is 28. The van der Waals surface area contributed by atoms with Crippen LogP contribution in [0, 0.1) is 12.8 Å². The highest BCUT2D eigenvalue weighted by Crippen LogP contribution is 2.17. The summed E-state index contributed by atoms with van der Waals surface area (Å²) in [6.45, 7) is 8.65. The lowest BCUT2D eigenvalue weighted by Gasteiger charge is -2.07. The number of rotatable bonds is 31. The monoisotopic (exact) mass is 492 g/mol. The van der Waals surface area contributed by atoms with E-state index in [4.69, 9.17) is 0 Å². The summed E-state index contributed by atoms with van der Waals surface area (Å²) in [6.07, 6.45) is 45.2. The normalized spacial score (nSPS) is 12.4. The van der Waals surface area contributed by atoms with E-state index in [1.807, 2.05) is 0 Å². The van der Waals surface area contributed by atoms with Crippen LogP contribution < -0.4 is 0 Å². The Morgan fingerprint density at radius 1 is 0.343 bits per heavy atom. The van der Waals surface area contributed by atoms with Gasteiger partial charge in [0.1, 0.15) is 0 Å². The second-order valence-electron chi connectivity index (χ2n) is 12.1. The van der Waals surface area contributed by atoms with Crippen molar-refractivity contribution in [1.29, 1.82) is 0 Å². The van der Waals surface area contributed by atoms with Gasteiger partial charge in [0.05, 0.1) is 0 Å². The Kier molecular flexibility index (Phi) is 32.0. The number of hydrogen-bond acceptors (Lipinski definition) is 0. The molecule has 0 N–H and O–H groups in total. The van der Waals surface area contributed by atoms with E-state index < -0.39 is 0 Å². The molecule has 1 atom stereocenters. The van der Waals surface area contributed by atoms with Gasteiger partial charge in [-0.2, -0.15) is 0 Å². The molecule has 211 valence electrons. The summed E-state index contributed by atoms with van der Waals surface area (Å²) < 4.78 is 0. The summed E-state index contributed by atoms with van der Waals surface area (Å²) in [5.41, 5.74) is 0. The van der Waals surface area contributed by atoms with E-state index in [0.717, 1.165) is 12.3 Å². The van der Waals surface area contributed by atoms with Crippen LogP contribution in [0.3, 0.4) is 0 Å². The van der Waals surface area contributed by atoms with E-state index in [1.54, 1.807) is 0 Å². The van der Waals surface area contributed by atoms with E-state index in [2.05, 4.69) is 20.8 Å². The lowest BCUT2D eigenvalue weighted by molar-refractivity contribution is 0.468. The van der Waals surface area contributed by atoms with Crippen LogP contribution in [-0.2, 0) is 0 Å². The third-order valence-electron chi connectivity index (χ3n) is 8.39. The first-order valence-corrected chi connectivity index (χ1v) is 17.1. The van der Waals surface area contributed by atoms with Gasteiger partial charge in [0.2, 0.25) is 0 Å². The Balaban J connectivity index is 3.02. The fourth-order valence-corrected chi connectivity index (χ4v) is 5.47. The molecular weight excluding hydrogens is 420 g/mol. The second-order valence-corrected chi connectivity index (χ2v) is 12.1. The zero-order valence-corrected chi connectivity index (χ0v) is 25.2. The highest BCUT2D eigenvalue weighted by atomic mass is 14.1. The highest BCUT2D eigenvalue weighted by Gasteiger charge is 1.99. The molecule has 0 bridgehead atoms. The molecule has 0 amide bonds. The van der Waals surface area contributed by atoms with E-state index in [0.29, 0.717) is 0 Å². The van der Waals surface area contributed by atoms with Crippen molar-refractivity contribution >= 4 is 0 Å². The zero-order chi connectivity index (χ0) is 25.5. The summed E-state index contributed by atoms with van der Waals surface area (Å²) in [6, 6.07) is 0. The highest BCUT2D eigenvalue weighted by molar-refractivity contribution is 4.54. The molecule has 0 saturated heterocycles. The molecule has 0 heteroatoms. The fraction of sp³-hybridized carbons (Fsp3) is 0.971. The molecule has 0 fully saturated rings. The van der Waals surface area contributed by atoms with Crippen molar-refractivity contribution < 1.29 is 0 Å². The van der Waals surface area contributed by atoms with Crippen LogP contribution in [0.25, 0.3) is 0 Å². The van der Waals surface area contributed by atoms with Crippen molar-refractivity contribution in [3.8, 4) is 0 Å². The summed E-state index contributed by atoms with van der Waals surface area (Å²) >= 11 is 0. The van der Waals surface area contributed by atoms with Gasteiger partial charge in [-0.3, -0.25) is 0 Å². The fourth-order valence-electron chi connectivity index (χ4n) is 5.47. The molecule has 0 saturated carbocycles. The minimum Gasteiger partial charge on any atom is -0.0651 e. The second kappa shape index (κ2) is 32.0. The van der Waals surface area contributed by atoms with Crippen molar-refractivity contribution in [2.24, 2.45) is 5.92 Å². The maximum atomic E-state index is 3.92. The predicted molar refractivity (Wildman–Crippen MR) is 163 cm³/mol. The molecule has 0 nitrogen and oxygen atoms in total. The molecule has 0 aliphatic rings. The molecule has 35 heavy (non-hydrogen) atoms. The standard InChI is InChI=1S/C35H71/c1-4-6-7-8-9-10-11-12-13-14-15-16-17-18-19-20-21-22-23-24-25-26-27-28-29-30-31-32-33-34-35(3)5-2/h35H,1,4-34H2,2-3H3. The minimum atomic E-state index is 0.947. The van der Waals surface area contributed by atoms with Gasteiger partial charge >= 0.3 is 0 Å². The van der Waals surface area contributed by atoms with Crippen LogP contribution in [0.2, 0.25) is 0 Å². The Morgan fingerprint density at radius 3 is 0.743 bits per heavy atom. The third-order valence-corrected chi connectivity index (χ3v) is 8.39. The maximum Gasteiger partial charge on any atom is -0.0445 e. The van der Waals surface area contributed by atoms with E-state index >= 15 is 0 Å². The van der Waals surface area contributed by atoms with E-state index in [1.165, 1.54) is 193 Å². The van der Waals surface area contributed by atoms with Crippen LogP contribution in [0.15, 0.2) is 0 Å². The molecule has 0 heterocycles. The SMILES string of the molecule is [CH2]CCCCCCCCCCCCCCCCCCCCCCCCCCCCCCC(C)CC. The first-order valence-electron chi connectivity index (χ1n) is 17.1. The lowest BCUT2D eigenvalue weighted by atomic mass is 9.99. The van der Waals surface area contributed by atoms with Gasteiger partial charge in [-0.15, -0.1) is 0 Å². The van der Waals surface area contributed by atoms with Crippen LogP contribution in [0.1, 0.15) is 213 Å². The summed E-state index contributed by atoms with van der Waals surface area (Å²) in [7, 11) is 0. The van der Waals surface area contributed by atoms with Crippen molar-refractivity contribution in [2.75, 3.05) is 0 Å². The molecule has 0 aromatic heterocycles. The van der Waals surface area contributed by atoms with Crippen LogP contribution in [0.4, 0.5) is 0 Å². The molecular formula is C35H71. The van der Waals surface area contributed by atoms with Crippen LogP contribution in [0.5, 0.6) is 0 Å². The van der Waals surface area contributed by atoms with Crippen molar-refractivity contribution in [2.45, 2.75) is 213 Å². The molecule has 1 radical (unpaired) electrons. The molecule has 0 rings (SSSR count). The van der Waals surface area contributed by atoms with E-state index in [9.17, 15) is 0 Å². The smallest absolute Gasteiger partial charge is 0.0445 e. The average Bonchev–Trinajstić information content (AvgIpc) is 2.87. The molecule has 0 spiro atoms. The van der Waals surface area contributed by atoms with Gasteiger partial charge in [-0.25, -0.2) is 0 Å². The predicted octanol–water partition coefficient (Wildman–Crippen LogP) is 13.6. The average molecular weight is 492 g/mol. The minimum absolute atomic E-state index is 0.947. The summed E-state index contributed by atoms with van der Waals surface area (Å²) in [5.74, 6) is 0.947. The summed E-state index contributed by atoms with van der Waals surface area (Å²) in [5, 5.41) is 0. The Hall–Kier alpha value is 0. The van der Waals surface area contributed by atoms with Crippen LogP contribution in [-0.4, -0.2) is 0 Å². The molecule has 0 aromatic carbocycles. The lowest BCUT2D eigenvalue weighted by Crippen LogP contribution is -1.91. The molecule has 0 aliphatic heterocycles. The summed E-state index contributed by atoms with van der Waals surface area (Å²) in [4.78, 5) is 0. The molecule has 0 aliphatic carbocycles. The van der Waals surface area contributed by atoms with Crippen molar-refractivity contribution in [3.63, 3.8) is 0 Å². The Bertz CT molecular complexity index is 346. The Morgan fingerprint density at radius 2 is 0.543 bits per heavy atom. The Labute approximate surface area is 225 Å². The molecule has 1 unspecified atom stereocenters. The van der Waals surface area contributed by atoms with Gasteiger partial charge < -0.3 is 0 Å². The van der Waals surface area contributed by atoms with Crippen LogP contribution >= 0.6 is 0 Å². The van der Waals surface area contributed by atoms with Gasteiger partial charge in [0.25, 0.3) is 0 Å². The largest absolute Gasteiger partial charge is 0.0651 e. The first kappa shape index (κ1) is 35.0. The number of hydrogen-bond donors (Lipinski definition) is 0. The maximum absolute atomic E-state index is 3.92. The van der Waals surface area contributed by atoms with Gasteiger partial charge in [0, 0.05) is 0 Å². The van der Waals surface area contributed by atoms with Crippen molar-refractivity contribution in [3.05, 3.63) is 6.92 Å². The quantitative estimate of drug-likeness (QED) is 0.0845. The first-order chi connectivity index (χ1) is 17.3. The van der Waals surface area contributed by atoms with E-state index in [-0.39, 0.29) is 0 Å². The molecule has 0 aromatic rings. The van der Waals surface area contributed by atoms with Gasteiger partial charge in [-0.05, 0) is 5.92 Å². The third kappa shape index (κ3) is 32.0. The van der Waals surface area contributed by atoms with Crippen molar-refractivity contribution in [1.82, 2.24) is 0 Å². The van der Waals surface area contributed by atoms with Gasteiger partial charge in [-0.1, -0.05) is 220 Å². The van der Waals surface area contributed by atoms with Gasteiger partial charge in [0.15, 0.2) is 0 Å². The zero-order valence-electron chi connectivity index (χ0n) is 25.2. The topological polar surface area (TPSA) is 0 Å².